The minimum absolute atomic E-state index is 0.270. The fourth-order valence-corrected chi connectivity index (χ4v) is 6.07. The Morgan fingerprint density at radius 2 is 1.68 bits per heavy atom. The number of anilines is 1. The molecule has 3 nitrogen and oxygen atoms in total. The van der Waals surface area contributed by atoms with Crippen LogP contribution < -0.4 is 4.90 Å². The lowest BCUT2D eigenvalue weighted by Crippen LogP contribution is -2.45. The van der Waals surface area contributed by atoms with Gasteiger partial charge in [-0.3, -0.25) is 0 Å². The molecule has 2 aliphatic carbocycles. The normalized spacial score (nSPS) is 26.7. The van der Waals surface area contributed by atoms with Gasteiger partial charge in [0.15, 0.2) is 5.79 Å². The van der Waals surface area contributed by atoms with Crippen molar-refractivity contribution in [2.24, 2.45) is 0 Å². The first-order chi connectivity index (χ1) is 12.3. The number of nitrogens with zero attached hydrogens (tertiary/aromatic N) is 1. The molecule has 0 N–H and O–H groups in total. The van der Waals surface area contributed by atoms with Gasteiger partial charge in [-0.25, -0.2) is 0 Å². The summed E-state index contributed by atoms with van der Waals surface area (Å²) in [5.74, 6) is -0.270. The lowest BCUT2D eigenvalue weighted by molar-refractivity contribution is -0.169. The molecular formula is C22H31NO2. The number of piperidine rings is 1. The highest BCUT2D eigenvalue weighted by Crippen LogP contribution is 2.54. The standard InChI is InChI=1S/C22H31NO2/c1-2-17-5-6-19(20-18(17)7-10-21(20)8-3-4-9-21)23-13-11-22(12-14-23)24-15-16-25-22/h5-6H,2-4,7-16H2,1H3. The Labute approximate surface area is 151 Å². The Bertz CT molecular complexity index is 646. The van der Waals surface area contributed by atoms with E-state index in [2.05, 4.69) is 24.0 Å². The van der Waals surface area contributed by atoms with Crippen molar-refractivity contribution >= 4 is 5.69 Å². The third kappa shape index (κ3) is 2.46. The van der Waals surface area contributed by atoms with Gasteiger partial charge in [-0.05, 0) is 60.3 Å². The number of fused-ring (bicyclic) bond motifs is 2. The molecule has 0 radical (unpaired) electrons. The maximum absolute atomic E-state index is 5.94. The number of hydrogen-bond acceptors (Lipinski definition) is 3. The summed E-state index contributed by atoms with van der Waals surface area (Å²) in [7, 11) is 0. The number of aryl methyl sites for hydroxylation is 1. The van der Waals surface area contributed by atoms with E-state index in [0.717, 1.165) is 39.1 Å². The molecular weight excluding hydrogens is 310 g/mol. The SMILES string of the molecule is CCc1ccc(N2CCC3(CC2)OCCO3)c2c1CCC21CCCC1. The van der Waals surface area contributed by atoms with Crippen LogP contribution in [0.3, 0.4) is 0 Å². The summed E-state index contributed by atoms with van der Waals surface area (Å²) in [6.07, 6.45) is 11.5. The van der Waals surface area contributed by atoms with Crippen molar-refractivity contribution in [2.45, 2.75) is 75.9 Å². The minimum Gasteiger partial charge on any atom is -0.371 e. The molecule has 0 unspecified atom stereocenters. The average molecular weight is 341 g/mol. The van der Waals surface area contributed by atoms with E-state index >= 15 is 0 Å². The van der Waals surface area contributed by atoms with Crippen LogP contribution >= 0.6 is 0 Å². The summed E-state index contributed by atoms with van der Waals surface area (Å²) in [5, 5.41) is 0. The molecule has 1 saturated carbocycles. The summed E-state index contributed by atoms with van der Waals surface area (Å²) >= 11 is 0. The number of hydrogen-bond donors (Lipinski definition) is 0. The highest BCUT2D eigenvalue weighted by Gasteiger charge is 2.45. The van der Waals surface area contributed by atoms with Gasteiger partial charge in [0, 0.05) is 31.6 Å². The van der Waals surface area contributed by atoms with E-state index in [4.69, 9.17) is 9.47 Å². The number of rotatable bonds is 2. The van der Waals surface area contributed by atoms with E-state index in [1.54, 1.807) is 22.4 Å². The van der Waals surface area contributed by atoms with Crippen LogP contribution in [0, 0.1) is 0 Å². The van der Waals surface area contributed by atoms with Crippen LogP contribution in [0.4, 0.5) is 5.69 Å². The van der Waals surface area contributed by atoms with Gasteiger partial charge in [-0.15, -0.1) is 0 Å². The predicted octanol–water partition coefficient (Wildman–Crippen LogP) is 4.35. The van der Waals surface area contributed by atoms with Crippen LogP contribution in [0.1, 0.15) is 68.6 Å². The Kier molecular flexibility index (Phi) is 3.87. The summed E-state index contributed by atoms with van der Waals surface area (Å²) in [4.78, 5) is 2.64. The van der Waals surface area contributed by atoms with Crippen molar-refractivity contribution in [3.63, 3.8) is 0 Å². The van der Waals surface area contributed by atoms with Crippen molar-refractivity contribution in [3.8, 4) is 0 Å². The molecule has 0 aromatic heterocycles. The molecule has 2 aliphatic heterocycles. The molecule has 0 bridgehead atoms. The molecule has 3 fully saturated rings. The van der Waals surface area contributed by atoms with E-state index in [0.29, 0.717) is 5.41 Å². The summed E-state index contributed by atoms with van der Waals surface area (Å²) in [6.45, 7) is 5.98. The monoisotopic (exact) mass is 341 g/mol. The summed E-state index contributed by atoms with van der Waals surface area (Å²) in [6, 6.07) is 4.85. The highest BCUT2D eigenvalue weighted by atomic mass is 16.7. The largest absolute Gasteiger partial charge is 0.371 e. The van der Waals surface area contributed by atoms with E-state index in [1.807, 2.05) is 0 Å². The maximum atomic E-state index is 5.94. The first-order valence-electron chi connectivity index (χ1n) is 10.4. The van der Waals surface area contributed by atoms with Crippen LogP contribution in [0.5, 0.6) is 0 Å². The Balaban J connectivity index is 1.49. The molecule has 4 aliphatic rings. The van der Waals surface area contributed by atoms with E-state index in [1.165, 1.54) is 44.9 Å². The second-order valence-corrected chi connectivity index (χ2v) is 8.53. The molecule has 2 spiro atoms. The zero-order valence-electron chi connectivity index (χ0n) is 15.6. The highest BCUT2D eigenvalue weighted by molar-refractivity contribution is 5.65. The second kappa shape index (κ2) is 5.99. The molecule has 2 heterocycles. The molecule has 3 heteroatoms. The van der Waals surface area contributed by atoms with Gasteiger partial charge in [0.25, 0.3) is 0 Å². The lowest BCUT2D eigenvalue weighted by atomic mass is 9.78. The number of benzene rings is 1. The van der Waals surface area contributed by atoms with Crippen molar-refractivity contribution in [2.75, 3.05) is 31.2 Å². The third-order valence-electron chi connectivity index (χ3n) is 7.39. The minimum atomic E-state index is -0.270. The van der Waals surface area contributed by atoms with Gasteiger partial charge in [-0.1, -0.05) is 25.8 Å². The van der Waals surface area contributed by atoms with Crippen LogP contribution in [0.2, 0.25) is 0 Å². The van der Waals surface area contributed by atoms with Gasteiger partial charge >= 0.3 is 0 Å². The first-order valence-corrected chi connectivity index (χ1v) is 10.4. The molecule has 1 aromatic carbocycles. The summed E-state index contributed by atoms with van der Waals surface area (Å²) in [5.41, 5.74) is 7.08. The smallest absolute Gasteiger partial charge is 0.171 e. The van der Waals surface area contributed by atoms with Gasteiger partial charge in [0.1, 0.15) is 0 Å². The van der Waals surface area contributed by atoms with E-state index in [9.17, 15) is 0 Å². The van der Waals surface area contributed by atoms with Crippen LogP contribution in [0.15, 0.2) is 12.1 Å². The molecule has 0 amide bonds. The fraction of sp³-hybridized carbons (Fsp3) is 0.727. The van der Waals surface area contributed by atoms with Gasteiger partial charge in [-0.2, -0.15) is 0 Å². The fourth-order valence-electron chi connectivity index (χ4n) is 6.07. The number of ether oxygens (including phenoxy) is 2. The van der Waals surface area contributed by atoms with E-state index < -0.39 is 0 Å². The van der Waals surface area contributed by atoms with Crippen LogP contribution in [-0.4, -0.2) is 32.1 Å². The van der Waals surface area contributed by atoms with Crippen LogP contribution in [0.25, 0.3) is 0 Å². The maximum Gasteiger partial charge on any atom is 0.171 e. The molecule has 136 valence electrons. The molecule has 5 rings (SSSR count). The zero-order chi connectivity index (χ0) is 16.9. The van der Waals surface area contributed by atoms with Gasteiger partial charge in [0.05, 0.1) is 13.2 Å². The lowest BCUT2D eigenvalue weighted by Gasteiger charge is -2.41. The van der Waals surface area contributed by atoms with Crippen molar-refractivity contribution in [1.29, 1.82) is 0 Å². The second-order valence-electron chi connectivity index (χ2n) is 8.53. The Morgan fingerprint density at radius 3 is 2.36 bits per heavy atom. The molecule has 0 atom stereocenters. The average Bonchev–Trinajstić information content (AvgIpc) is 3.38. The van der Waals surface area contributed by atoms with Crippen molar-refractivity contribution in [3.05, 3.63) is 28.8 Å². The van der Waals surface area contributed by atoms with Crippen LogP contribution in [-0.2, 0) is 27.7 Å². The first kappa shape index (κ1) is 16.1. The van der Waals surface area contributed by atoms with E-state index in [-0.39, 0.29) is 5.79 Å². The topological polar surface area (TPSA) is 21.7 Å². The Morgan fingerprint density at radius 1 is 0.960 bits per heavy atom. The predicted molar refractivity (Wildman–Crippen MR) is 100 cm³/mol. The molecule has 2 saturated heterocycles. The zero-order valence-corrected chi connectivity index (χ0v) is 15.6. The quantitative estimate of drug-likeness (QED) is 0.798. The third-order valence-corrected chi connectivity index (χ3v) is 7.39. The molecule has 1 aromatic rings. The molecule has 25 heavy (non-hydrogen) atoms. The Hall–Kier alpha value is -1.06. The van der Waals surface area contributed by atoms with Gasteiger partial charge in [0.2, 0.25) is 0 Å². The van der Waals surface area contributed by atoms with Crippen molar-refractivity contribution < 1.29 is 9.47 Å². The summed E-state index contributed by atoms with van der Waals surface area (Å²) < 4.78 is 11.9. The van der Waals surface area contributed by atoms with Gasteiger partial charge < -0.3 is 14.4 Å². The van der Waals surface area contributed by atoms with Crippen molar-refractivity contribution in [1.82, 2.24) is 0 Å².